The number of benzene rings is 2. The summed E-state index contributed by atoms with van der Waals surface area (Å²) in [7, 11) is 0. The first-order chi connectivity index (χ1) is 10.2. The number of carbonyl (C=O) groups excluding carboxylic acids is 1. The summed E-state index contributed by atoms with van der Waals surface area (Å²) in [6.07, 6.45) is 0.409. The Balaban J connectivity index is 1.73. The molecule has 2 aromatic rings. The van der Waals surface area contributed by atoms with Crippen LogP contribution < -0.4 is 10.6 Å². The Bertz CT molecular complexity index is 619. The van der Waals surface area contributed by atoms with E-state index >= 15 is 0 Å². The van der Waals surface area contributed by atoms with Gasteiger partial charge in [0.15, 0.2) is 0 Å². The zero-order valence-electron chi connectivity index (χ0n) is 11.4. The van der Waals surface area contributed by atoms with E-state index in [1.807, 2.05) is 48.5 Å². The smallest absolute Gasteiger partial charge is 0.222 e. The number of nitrogens with one attached hydrogen (secondary N) is 2. The lowest BCUT2D eigenvalue weighted by Gasteiger charge is -2.09. The van der Waals surface area contributed by atoms with Crippen LogP contribution in [0, 0.1) is 0 Å². The molecule has 0 aromatic heterocycles. The summed E-state index contributed by atoms with van der Waals surface area (Å²) in [5.41, 5.74) is 1.91. The van der Waals surface area contributed by atoms with Gasteiger partial charge in [0.1, 0.15) is 0 Å². The molecule has 0 aliphatic carbocycles. The molecule has 2 N–H and O–H groups in total. The van der Waals surface area contributed by atoms with Crippen LogP contribution in [-0.2, 0) is 11.3 Å². The first-order valence-electron chi connectivity index (χ1n) is 6.65. The van der Waals surface area contributed by atoms with Crippen LogP contribution in [0.1, 0.15) is 12.0 Å². The second kappa shape index (κ2) is 8.05. The minimum atomic E-state index is -0.00512. The second-order valence-electron chi connectivity index (χ2n) is 4.52. The Morgan fingerprint density at radius 1 is 1.10 bits per heavy atom. The second-order valence-corrected chi connectivity index (χ2v) is 5.79. The van der Waals surface area contributed by atoms with Crippen molar-refractivity contribution in [1.29, 1.82) is 0 Å². The van der Waals surface area contributed by atoms with Gasteiger partial charge in [0.25, 0.3) is 0 Å². The summed E-state index contributed by atoms with van der Waals surface area (Å²) in [4.78, 5) is 11.8. The molecule has 2 rings (SSSR count). The minimum absolute atomic E-state index is 0.00512. The van der Waals surface area contributed by atoms with Crippen LogP contribution in [0.25, 0.3) is 0 Å². The molecule has 1 amide bonds. The van der Waals surface area contributed by atoms with Crippen molar-refractivity contribution >= 4 is 39.1 Å². The van der Waals surface area contributed by atoms with Gasteiger partial charge < -0.3 is 10.6 Å². The number of amides is 1. The molecule has 0 spiro atoms. The normalized spacial score (nSPS) is 10.2. The van der Waals surface area contributed by atoms with E-state index in [4.69, 9.17) is 11.6 Å². The lowest BCUT2D eigenvalue weighted by atomic mass is 10.2. The van der Waals surface area contributed by atoms with Gasteiger partial charge in [0.2, 0.25) is 5.91 Å². The fraction of sp³-hybridized carbons (Fsp3) is 0.188. The van der Waals surface area contributed by atoms with Gasteiger partial charge in [-0.15, -0.1) is 0 Å². The predicted octanol–water partition coefficient (Wildman–Crippen LogP) is 4.22. The average molecular weight is 368 g/mol. The van der Waals surface area contributed by atoms with Crippen LogP contribution in [0.2, 0.25) is 5.02 Å². The van der Waals surface area contributed by atoms with Gasteiger partial charge in [0, 0.05) is 34.7 Å². The molecule has 0 saturated carbocycles. The maximum Gasteiger partial charge on any atom is 0.222 e. The molecule has 0 aliphatic heterocycles. The van der Waals surface area contributed by atoms with E-state index in [0.29, 0.717) is 24.5 Å². The molecular weight excluding hydrogens is 352 g/mol. The van der Waals surface area contributed by atoms with Gasteiger partial charge in [-0.1, -0.05) is 41.9 Å². The molecular formula is C16H16BrClN2O. The molecule has 0 fully saturated rings. The highest BCUT2D eigenvalue weighted by molar-refractivity contribution is 9.10. The number of halogens is 2. The van der Waals surface area contributed by atoms with Crippen molar-refractivity contribution in [3.05, 3.63) is 63.6 Å². The molecule has 0 heterocycles. The molecule has 5 heteroatoms. The third-order valence-electron chi connectivity index (χ3n) is 2.98. The molecule has 0 aliphatic rings. The molecule has 0 unspecified atom stereocenters. The topological polar surface area (TPSA) is 41.1 Å². The summed E-state index contributed by atoms with van der Waals surface area (Å²) in [6, 6.07) is 15.3. The predicted molar refractivity (Wildman–Crippen MR) is 90.5 cm³/mol. The Kier molecular flexibility index (Phi) is 6.08. The number of para-hydroxylation sites is 1. The molecule has 110 valence electrons. The Morgan fingerprint density at radius 2 is 1.81 bits per heavy atom. The Labute approximate surface area is 137 Å². The van der Waals surface area contributed by atoms with Crippen molar-refractivity contribution in [2.24, 2.45) is 0 Å². The molecule has 2 aromatic carbocycles. The number of rotatable bonds is 6. The Morgan fingerprint density at radius 3 is 2.57 bits per heavy atom. The highest BCUT2D eigenvalue weighted by Gasteiger charge is 2.04. The highest BCUT2D eigenvalue weighted by Crippen LogP contribution is 2.20. The summed E-state index contributed by atoms with van der Waals surface area (Å²) < 4.78 is 0.987. The van der Waals surface area contributed by atoms with Crippen LogP contribution in [0.5, 0.6) is 0 Å². The summed E-state index contributed by atoms with van der Waals surface area (Å²) >= 11 is 9.50. The molecule has 21 heavy (non-hydrogen) atoms. The van der Waals surface area contributed by atoms with Gasteiger partial charge in [-0.25, -0.2) is 0 Å². The summed E-state index contributed by atoms with van der Waals surface area (Å²) in [5, 5.41) is 6.76. The molecule has 3 nitrogen and oxygen atoms in total. The van der Waals surface area contributed by atoms with Crippen LogP contribution in [-0.4, -0.2) is 12.5 Å². The van der Waals surface area contributed by atoms with Crippen molar-refractivity contribution < 1.29 is 4.79 Å². The third kappa shape index (κ3) is 5.06. The first-order valence-corrected chi connectivity index (χ1v) is 7.82. The van der Waals surface area contributed by atoms with E-state index in [2.05, 4.69) is 26.6 Å². The SMILES string of the molecule is O=C(CCNc1ccccc1Br)NCc1ccccc1Cl. The standard InChI is InChI=1S/C16H16BrClN2O/c17-13-6-2-4-8-15(13)19-10-9-16(21)20-11-12-5-1-3-7-14(12)18/h1-8,19H,9-11H2,(H,20,21). The third-order valence-corrected chi connectivity index (χ3v) is 4.04. The van der Waals surface area contributed by atoms with E-state index in [9.17, 15) is 4.79 Å². The lowest BCUT2D eigenvalue weighted by molar-refractivity contribution is -0.121. The quantitative estimate of drug-likeness (QED) is 0.802. The van der Waals surface area contributed by atoms with E-state index in [1.54, 1.807) is 0 Å². The number of hydrogen-bond acceptors (Lipinski definition) is 2. The van der Waals surface area contributed by atoms with Crippen molar-refractivity contribution in [2.45, 2.75) is 13.0 Å². The molecule has 0 atom stereocenters. The van der Waals surface area contributed by atoms with E-state index in [1.165, 1.54) is 0 Å². The summed E-state index contributed by atoms with van der Waals surface area (Å²) in [5.74, 6) is -0.00512. The molecule has 0 radical (unpaired) electrons. The van der Waals surface area contributed by atoms with Crippen molar-refractivity contribution in [2.75, 3.05) is 11.9 Å². The first kappa shape index (κ1) is 15.9. The van der Waals surface area contributed by atoms with E-state index in [0.717, 1.165) is 15.7 Å². The van der Waals surface area contributed by atoms with Crippen LogP contribution in [0.4, 0.5) is 5.69 Å². The van der Waals surface area contributed by atoms with Gasteiger partial charge in [-0.2, -0.15) is 0 Å². The average Bonchev–Trinajstić information content (AvgIpc) is 2.48. The highest BCUT2D eigenvalue weighted by atomic mass is 79.9. The molecule has 0 saturated heterocycles. The zero-order chi connectivity index (χ0) is 15.1. The van der Waals surface area contributed by atoms with Crippen molar-refractivity contribution in [3.8, 4) is 0 Å². The molecule has 0 bridgehead atoms. The lowest BCUT2D eigenvalue weighted by Crippen LogP contribution is -2.25. The largest absolute Gasteiger partial charge is 0.384 e. The number of anilines is 1. The zero-order valence-corrected chi connectivity index (χ0v) is 13.7. The van der Waals surface area contributed by atoms with Gasteiger partial charge in [0.05, 0.1) is 0 Å². The fourth-order valence-electron chi connectivity index (χ4n) is 1.84. The Hall–Kier alpha value is -1.52. The van der Waals surface area contributed by atoms with Crippen LogP contribution >= 0.6 is 27.5 Å². The summed E-state index contributed by atoms with van der Waals surface area (Å²) in [6.45, 7) is 1.03. The van der Waals surface area contributed by atoms with E-state index in [-0.39, 0.29) is 5.91 Å². The van der Waals surface area contributed by atoms with Crippen LogP contribution in [0.15, 0.2) is 53.0 Å². The maximum atomic E-state index is 11.8. The van der Waals surface area contributed by atoms with Gasteiger partial charge in [-0.05, 0) is 39.7 Å². The van der Waals surface area contributed by atoms with Crippen molar-refractivity contribution in [3.63, 3.8) is 0 Å². The van der Waals surface area contributed by atoms with Crippen LogP contribution in [0.3, 0.4) is 0 Å². The van der Waals surface area contributed by atoms with E-state index < -0.39 is 0 Å². The number of carbonyl (C=O) groups is 1. The maximum absolute atomic E-state index is 11.8. The van der Waals surface area contributed by atoms with Gasteiger partial charge in [-0.3, -0.25) is 4.79 Å². The van der Waals surface area contributed by atoms with Gasteiger partial charge >= 0.3 is 0 Å². The van der Waals surface area contributed by atoms with Crippen molar-refractivity contribution in [1.82, 2.24) is 5.32 Å². The fourth-order valence-corrected chi connectivity index (χ4v) is 2.47. The minimum Gasteiger partial charge on any atom is -0.384 e. The number of hydrogen-bond donors (Lipinski definition) is 2. The monoisotopic (exact) mass is 366 g/mol.